The van der Waals surface area contributed by atoms with Crippen molar-refractivity contribution in [2.75, 3.05) is 36.6 Å². The molecule has 4 heterocycles. The molecule has 2 N–H and O–H groups in total. The Kier molecular flexibility index (Phi) is 5.60. The SMILES string of the molecule is Cc1csc2nc(N3CCC(OC(=O)O)CC3)nc(NCCc3ccc4c(c3)OCO4)c12. The lowest BCUT2D eigenvalue weighted by Gasteiger charge is -2.31. The molecule has 0 aliphatic carbocycles. The van der Waals surface area contributed by atoms with Crippen LogP contribution >= 0.6 is 11.3 Å². The van der Waals surface area contributed by atoms with E-state index in [9.17, 15) is 4.79 Å². The Morgan fingerprint density at radius 2 is 2.09 bits per heavy atom. The van der Waals surface area contributed by atoms with E-state index in [1.54, 1.807) is 11.3 Å². The number of thiophene rings is 1. The summed E-state index contributed by atoms with van der Waals surface area (Å²) in [6, 6.07) is 6.01. The summed E-state index contributed by atoms with van der Waals surface area (Å²) < 4.78 is 15.8. The number of rotatable bonds is 6. The lowest BCUT2D eigenvalue weighted by Crippen LogP contribution is -2.38. The molecule has 5 rings (SSSR count). The van der Waals surface area contributed by atoms with Crippen molar-refractivity contribution < 1.29 is 24.1 Å². The van der Waals surface area contributed by atoms with Crippen molar-refractivity contribution in [2.45, 2.75) is 32.3 Å². The van der Waals surface area contributed by atoms with Crippen molar-refractivity contribution >= 4 is 39.5 Å². The number of carboxylic acid groups (broad SMARTS) is 1. The molecule has 0 unspecified atom stereocenters. The predicted octanol–water partition coefficient (Wildman–Crippen LogP) is 4.05. The Bertz CT molecular complexity index is 1140. The average Bonchev–Trinajstić information content (AvgIpc) is 3.40. The predicted molar refractivity (Wildman–Crippen MR) is 121 cm³/mol. The molecule has 9 nitrogen and oxygen atoms in total. The van der Waals surface area contributed by atoms with Gasteiger partial charge in [0.2, 0.25) is 12.7 Å². The number of benzene rings is 1. The van der Waals surface area contributed by atoms with Crippen LogP contribution in [0.2, 0.25) is 0 Å². The molecule has 0 amide bonds. The number of hydrogen-bond acceptors (Lipinski definition) is 9. The lowest BCUT2D eigenvalue weighted by atomic mass is 10.1. The number of nitrogens with zero attached hydrogens (tertiary/aromatic N) is 3. The molecule has 0 spiro atoms. The smallest absolute Gasteiger partial charge is 0.454 e. The van der Waals surface area contributed by atoms with Gasteiger partial charge >= 0.3 is 6.16 Å². The third-order valence-electron chi connectivity index (χ3n) is 5.74. The normalized spacial score (nSPS) is 15.8. The Morgan fingerprint density at radius 1 is 1.28 bits per heavy atom. The highest BCUT2D eigenvalue weighted by atomic mass is 32.1. The molecular formula is C22H24N4O5S. The molecule has 0 radical (unpaired) electrons. The van der Waals surface area contributed by atoms with Crippen LogP contribution in [0.3, 0.4) is 0 Å². The number of aromatic nitrogens is 2. The first-order valence-electron chi connectivity index (χ1n) is 10.6. The molecule has 2 aromatic heterocycles. The number of anilines is 2. The first-order valence-corrected chi connectivity index (χ1v) is 11.5. The maximum atomic E-state index is 10.8. The highest BCUT2D eigenvalue weighted by Gasteiger charge is 2.25. The topological polar surface area (TPSA) is 106 Å². The minimum atomic E-state index is -1.22. The molecule has 0 saturated carbocycles. The first kappa shape index (κ1) is 20.6. The van der Waals surface area contributed by atoms with Crippen molar-refractivity contribution in [3.63, 3.8) is 0 Å². The molecular weight excluding hydrogens is 432 g/mol. The van der Waals surface area contributed by atoms with Gasteiger partial charge in [-0.25, -0.2) is 9.78 Å². The number of carbonyl (C=O) groups is 1. The van der Waals surface area contributed by atoms with Gasteiger partial charge in [0.1, 0.15) is 16.8 Å². The fraction of sp³-hybridized carbons (Fsp3) is 0.409. The highest BCUT2D eigenvalue weighted by Crippen LogP contribution is 2.34. The van der Waals surface area contributed by atoms with Crippen LogP contribution < -0.4 is 19.7 Å². The van der Waals surface area contributed by atoms with Crippen molar-refractivity contribution in [1.29, 1.82) is 0 Å². The van der Waals surface area contributed by atoms with Crippen LogP contribution in [0.5, 0.6) is 11.5 Å². The van der Waals surface area contributed by atoms with Crippen LogP contribution in [0.1, 0.15) is 24.0 Å². The first-order chi connectivity index (χ1) is 15.6. The Balaban J connectivity index is 1.30. The third kappa shape index (κ3) is 4.22. The average molecular weight is 457 g/mol. The second kappa shape index (κ2) is 8.70. The third-order valence-corrected chi connectivity index (χ3v) is 6.73. The molecule has 1 fully saturated rings. The van der Waals surface area contributed by atoms with E-state index in [4.69, 9.17) is 29.3 Å². The van der Waals surface area contributed by atoms with Gasteiger partial charge in [0.05, 0.1) is 5.39 Å². The molecule has 3 aromatic rings. The summed E-state index contributed by atoms with van der Waals surface area (Å²) in [5.74, 6) is 3.07. The van der Waals surface area contributed by atoms with Crippen molar-refractivity contribution in [1.82, 2.24) is 9.97 Å². The number of aryl methyl sites for hydroxylation is 1. The summed E-state index contributed by atoms with van der Waals surface area (Å²) in [7, 11) is 0. The van der Waals surface area contributed by atoms with Gasteiger partial charge in [-0.3, -0.25) is 0 Å². The molecule has 0 atom stereocenters. The summed E-state index contributed by atoms with van der Waals surface area (Å²) in [6.07, 6.45) is 0.590. The largest absolute Gasteiger partial charge is 0.506 e. The summed E-state index contributed by atoms with van der Waals surface area (Å²) in [4.78, 5) is 23.5. The number of fused-ring (bicyclic) bond motifs is 2. The zero-order chi connectivity index (χ0) is 22.1. The van der Waals surface area contributed by atoms with Crippen molar-refractivity contribution in [3.8, 4) is 11.5 Å². The minimum Gasteiger partial charge on any atom is -0.454 e. The standard InChI is InChI=1S/C22H24N4O5S/c1-13-11-32-20-18(13)19(23-7-4-14-2-3-16-17(10-14)30-12-29-16)24-21(25-20)26-8-5-15(6-9-26)31-22(27)28/h2-3,10-11,15H,4-9,12H2,1H3,(H,27,28)(H,23,24,25). The summed E-state index contributed by atoms with van der Waals surface area (Å²) in [5, 5.41) is 15.5. The van der Waals surface area contributed by atoms with Gasteiger partial charge in [-0.1, -0.05) is 6.07 Å². The number of hydrogen-bond donors (Lipinski definition) is 2. The molecule has 32 heavy (non-hydrogen) atoms. The van der Waals surface area contributed by atoms with Crippen LogP contribution in [0.4, 0.5) is 16.6 Å². The molecule has 1 saturated heterocycles. The van der Waals surface area contributed by atoms with Gasteiger partial charge in [-0.15, -0.1) is 11.3 Å². The van der Waals surface area contributed by atoms with Crippen LogP contribution in [0.15, 0.2) is 23.6 Å². The van der Waals surface area contributed by atoms with Crippen LogP contribution in [0, 0.1) is 6.92 Å². The van der Waals surface area contributed by atoms with Crippen molar-refractivity contribution in [3.05, 3.63) is 34.7 Å². The number of ether oxygens (including phenoxy) is 3. The Hall–Kier alpha value is -3.27. The van der Waals surface area contributed by atoms with Crippen LogP contribution in [0.25, 0.3) is 10.2 Å². The van der Waals surface area contributed by atoms with Gasteiger partial charge in [0, 0.05) is 32.5 Å². The van der Waals surface area contributed by atoms with E-state index >= 15 is 0 Å². The van der Waals surface area contributed by atoms with E-state index in [1.807, 2.05) is 12.1 Å². The van der Waals surface area contributed by atoms with Gasteiger partial charge in [0.25, 0.3) is 0 Å². The van der Waals surface area contributed by atoms with E-state index in [0.717, 1.165) is 51.6 Å². The van der Waals surface area contributed by atoms with E-state index in [-0.39, 0.29) is 12.9 Å². The zero-order valence-electron chi connectivity index (χ0n) is 17.7. The van der Waals surface area contributed by atoms with Gasteiger partial charge < -0.3 is 29.5 Å². The molecule has 168 valence electrons. The Morgan fingerprint density at radius 3 is 2.91 bits per heavy atom. The monoisotopic (exact) mass is 456 g/mol. The second-order valence-electron chi connectivity index (χ2n) is 7.91. The maximum absolute atomic E-state index is 10.8. The maximum Gasteiger partial charge on any atom is 0.506 e. The molecule has 1 aromatic carbocycles. The molecule has 0 bridgehead atoms. The van der Waals surface area contributed by atoms with Gasteiger partial charge in [-0.2, -0.15) is 4.98 Å². The van der Waals surface area contributed by atoms with E-state index in [1.165, 1.54) is 0 Å². The fourth-order valence-electron chi connectivity index (χ4n) is 4.08. The highest BCUT2D eigenvalue weighted by molar-refractivity contribution is 7.17. The summed E-state index contributed by atoms with van der Waals surface area (Å²) in [5.41, 5.74) is 2.31. The van der Waals surface area contributed by atoms with E-state index in [2.05, 4.69) is 28.6 Å². The molecule has 2 aliphatic rings. The summed E-state index contributed by atoms with van der Waals surface area (Å²) in [6.45, 7) is 4.37. The molecule has 2 aliphatic heterocycles. The van der Waals surface area contributed by atoms with E-state index in [0.29, 0.717) is 31.9 Å². The summed E-state index contributed by atoms with van der Waals surface area (Å²) >= 11 is 1.61. The lowest BCUT2D eigenvalue weighted by molar-refractivity contribution is 0.0415. The fourth-order valence-corrected chi connectivity index (χ4v) is 5.00. The van der Waals surface area contributed by atoms with Crippen LogP contribution in [-0.2, 0) is 11.2 Å². The van der Waals surface area contributed by atoms with E-state index < -0.39 is 6.16 Å². The van der Waals surface area contributed by atoms with Crippen molar-refractivity contribution in [2.24, 2.45) is 0 Å². The number of nitrogens with one attached hydrogen (secondary N) is 1. The van der Waals surface area contributed by atoms with Gasteiger partial charge in [-0.05, 0) is 42.0 Å². The zero-order valence-corrected chi connectivity index (χ0v) is 18.5. The quantitative estimate of drug-likeness (QED) is 0.531. The number of piperidine rings is 1. The minimum absolute atomic E-state index is 0.268. The second-order valence-corrected chi connectivity index (χ2v) is 8.76. The Labute approximate surface area is 188 Å². The van der Waals surface area contributed by atoms with Gasteiger partial charge in [0.15, 0.2) is 11.5 Å². The van der Waals surface area contributed by atoms with Crippen LogP contribution in [-0.4, -0.2) is 53.8 Å². The molecule has 10 heteroatoms.